The molecule has 1 amide bonds. The number of carbonyl (C=O) groups excluding carboxylic acids is 1. The van der Waals surface area contributed by atoms with Crippen molar-refractivity contribution in [1.29, 1.82) is 0 Å². The van der Waals surface area contributed by atoms with E-state index in [1.54, 1.807) is 4.90 Å². The smallest absolute Gasteiger partial charge is 0.257 e. The van der Waals surface area contributed by atoms with Gasteiger partial charge < -0.3 is 4.90 Å². The molecule has 0 spiro atoms. The molecular formula is C15H19ClFNO. The molecule has 0 saturated heterocycles. The predicted molar refractivity (Wildman–Crippen MR) is 75.0 cm³/mol. The van der Waals surface area contributed by atoms with Gasteiger partial charge in [-0.25, -0.2) is 4.39 Å². The van der Waals surface area contributed by atoms with Gasteiger partial charge in [0, 0.05) is 17.6 Å². The summed E-state index contributed by atoms with van der Waals surface area (Å²) >= 11 is 5.86. The zero-order chi connectivity index (χ0) is 13.8. The van der Waals surface area contributed by atoms with Crippen LogP contribution in [0.1, 0.15) is 49.4 Å². The summed E-state index contributed by atoms with van der Waals surface area (Å²) in [6.07, 6.45) is 5.55. The van der Waals surface area contributed by atoms with E-state index in [1.165, 1.54) is 24.6 Å². The molecule has 0 heterocycles. The van der Waals surface area contributed by atoms with Gasteiger partial charge in [-0.15, -0.1) is 0 Å². The van der Waals surface area contributed by atoms with E-state index in [4.69, 9.17) is 11.6 Å². The van der Waals surface area contributed by atoms with Crippen LogP contribution in [0.4, 0.5) is 4.39 Å². The molecule has 1 fully saturated rings. The Hall–Kier alpha value is -1.09. The van der Waals surface area contributed by atoms with Crippen molar-refractivity contribution in [3.63, 3.8) is 0 Å². The number of hydrogen-bond acceptors (Lipinski definition) is 1. The summed E-state index contributed by atoms with van der Waals surface area (Å²) in [5.74, 6) is -0.738. The molecule has 0 unspecified atom stereocenters. The first-order chi connectivity index (χ1) is 9.13. The number of hydrogen-bond donors (Lipinski definition) is 0. The number of carbonyl (C=O) groups is 1. The summed E-state index contributed by atoms with van der Waals surface area (Å²) in [7, 11) is 0. The van der Waals surface area contributed by atoms with Gasteiger partial charge in [-0.2, -0.15) is 0 Å². The third kappa shape index (κ3) is 3.27. The highest BCUT2D eigenvalue weighted by atomic mass is 35.5. The molecule has 104 valence electrons. The first-order valence-electron chi connectivity index (χ1n) is 6.89. The Balaban J connectivity index is 2.22. The lowest BCUT2D eigenvalue weighted by Crippen LogP contribution is -2.41. The van der Waals surface area contributed by atoms with Gasteiger partial charge in [-0.1, -0.05) is 30.9 Å². The predicted octanol–water partition coefficient (Wildman–Crippen LogP) is 4.27. The molecular weight excluding hydrogens is 265 g/mol. The minimum Gasteiger partial charge on any atom is -0.336 e. The summed E-state index contributed by atoms with van der Waals surface area (Å²) in [6.45, 7) is 2.55. The maximum absolute atomic E-state index is 13.8. The van der Waals surface area contributed by atoms with Crippen molar-refractivity contribution in [3.8, 4) is 0 Å². The summed E-state index contributed by atoms with van der Waals surface area (Å²) in [6, 6.07) is 4.38. The van der Waals surface area contributed by atoms with Gasteiger partial charge in [0.15, 0.2) is 0 Å². The highest BCUT2D eigenvalue weighted by Crippen LogP contribution is 2.25. The van der Waals surface area contributed by atoms with Crippen molar-refractivity contribution in [3.05, 3.63) is 34.6 Å². The van der Waals surface area contributed by atoms with Gasteiger partial charge in [0.2, 0.25) is 0 Å². The van der Waals surface area contributed by atoms with Crippen LogP contribution in [-0.2, 0) is 0 Å². The van der Waals surface area contributed by atoms with Gasteiger partial charge in [0.05, 0.1) is 5.56 Å². The zero-order valence-electron chi connectivity index (χ0n) is 11.2. The van der Waals surface area contributed by atoms with Gasteiger partial charge in [0.1, 0.15) is 5.82 Å². The number of benzene rings is 1. The molecule has 19 heavy (non-hydrogen) atoms. The molecule has 1 saturated carbocycles. The molecule has 0 atom stereocenters. The normalized spacial score (nSPS) is 16.4. The average molecular weight is 284 g/mol. The molecule has 0 bridgehead atoms. The highest BCUT2D eigenvalue weighted by molar-refractivity contribution is 6.31. The van der Waals surface area contributed by atoms with E-state index in [0.29, 0.717) is 11.6 Å². The fourth-order valence-corrected chi connectivity index (χ4v) is 2.95. The van der Waals surface area contributed by atoms with Crippen LogP contribution in [0.15, 0.2) is 18.2 Å². The third-order valence-corrected chi connectivity index (χ3v) is 4.01. The van der Waals surface area contributed by atoms with Crippen LogP contribution < -0.4 is 0 Å². The molecule has 2 rings (SSSR count). The van der Waals surface area contributed by atoms with Crippen LogP contribution in [0, 0.1) is 5.82 Å². The Morgan fingerprint density at radius 3 is 2.68 bits per heavy atom. The van der Waals surface area contributed by atoms with Gasteiger partial charge in [-0.3, -0.25) is 4.79 Å². The summed E-state index contributed by atoms with van der Waals surface area (Å²) in [5, 5.41) is 0.393. The molecule has 1 aliphatic carbocycles. The second-order valence-corrected chi connectivity index (χ2v) is 5.44. The first-order valence-corrected chi connectivity index (χ1v) is 7.27. The van der Waals surface area contributed by atoms with Crippen LogP contribution >= 0.6 is 11.6 Å². The lowest BCUT2D eigenvalue weighted by molar-refractivity contribution is 0.0643. The second kappa shape index (κ2) is 6.38. The van der Waals surface area contributed by atoms with E-state index in [0.717, 1.165) is 25.7 Å². The van der Waals surface area contributed by atoms with Crippen molar-refractivity contribution in [2.24, 2.45) is 0 Å². The van der Waals surface area contributed by atoms with Crippen molar-refractivity contribution in [1.82, 2.24) is 4.90 Å². The third-order valence-electron chi connectivity index (χ3n) is 3.78. The Morgan fingerprint density at radius 1 is 1.37 bits per heavy atom. The second-order valence-electron chi connectivity index (χ2n) is 5.01. The number of halogens is 2. The molecule has 0 N–H and O–H groups in total. The van der Waals surface area contributed by atoms with E-state index < -0.39 is 5.82 Å². The van der Waals surface area contributed by atoms with Crippen LogP contribution in [0.2, 0.25) is 5.02 Å². The Bertz CT molecular complexity index is 457. The zero-order valence-corrected chi connectivity index (χ0v) is 11.9. The Labute approximate surface area is 118 Å². The van der Waals surface area contributed by atoms with Gasteiger partial charge in [-0.05, 0) is 38.0 Å². The summed E-state index contributed by atoms with van der Waals surface area (Å²) in [4.78, 5) is 14.3. The first kappa shape index (κ1) is 14.3. The maximum atomic E-state index is 13.8. The molecule has 0 aromatic heterocycles. The number of rotatable bonds is 3. The Morgan fingerprint density at radius 2 is 2.05 bits per heavy atom. The van der Waals surface area contributed by atoms with E-state index in [9.17, 15) is 9.18 Å². The molecule has 1 aromatic rings. The van der Waals surface area contributed by atoms with Crippen molar-refractivity contribution >= 4 is 17.5 Å². The highest BCUT2D eigenvalue weighted by Gasteiger charge is 2.26. The molecule has 1 aliphatic rings. The fourth-order valence-electron chi connectivity index (χ4n) is 2.78. The lowest BCUT2D eigenvalue weighted by atomic mass is 9.93. The van der Waals surface area contributed by atoms with Crippen LogP contribution in [0.3, 0.4) is 0 Å². The quantitative estimate of drug-likeness (QED) is 0.811. The summed E-state index contributed by atoms with van der Waals surface area (Å²) < 4.78 is 13.8. The largest absolute Gasteiger partial charge is 0.336 e. The fraction of sp³-hybridized carbons (Fsp3) is 0.533. The lowest BCUT2D eigenvalue weighted by Gasteiger charge is -2.33. The molecule has 2 nitrogen and oxygen atoms in total. The van der Waals surface area contributed by atoms with E-state index in [-0.39, 0.29) is 17.5 Å². The minimum absolute atomic E-state index is 0.0833. The van der Waals surface area contributed by atoms with Gasteiger partial charge >= 0.3 is 0 Å². The Kier molecular flexibility index (Phi) is 4.81. The topological polar surface area (TPSA) is 20.3 Å². The van der Waals surface area contributed by atoms with E-state index in [1.807, 2.05) is 6.92 Å². The SMILES string of the molecule is CCN(C(=O)c1cc(Cl)ccc1F)C1CCCCC1. The monoisotopic (exact) mass is 283 g/mol. The molecule has 0 radical (unpaired) electrons. The van der Waals surface area contributed by atoms with Crippen molar-refractivity contribution in [2.75, 3.05) is 6.54 Å². The average Bonchev–Trinajstić information content (AvgIpc) is 2.43. The maximum Gasteiger partial charge on any atom is 0.257 e. The van der Waals surface area contributed by atoms with E-state index >= 15 is 0 Å². The van der Waals surface area contributed by atoms with Crippen molar-refractivity contribution in [2.45, 2.75) is 45.1 Å². The van der Waals surface area contributed by atoms with E-state index in [2.05, 4.69) is 0 Å². The van der Waals surface area contributed by atoms with Crippen LogP contribution in [0.25, 0.3) is 0 Å². The standard InChI is InChI=1S/C15H19ClFNO/c1-2-18(12-6-4-3-5-7-12)15(19)13-10-11(16)8-9-14(13)17/h8-10,12H,2-7H2,1H3. The number of nitrogens with zero attached hydrogens (tertiary/aromatic N) is 1. The summed E-state index contributed by atoms with van der Waals surface area (Å²) in [5.41, 5.74) is 0.0833. The van der Waals surface area contributed by atoms with Crippen LogP contribution in [-0.4, -0.2) is 23.4 Å². The van der Waals surface area contributed by atoms with Crippen LogP contribution in [0.5, 0.6) is 0 Å². The molecule has 1 aromatic carbocycles. The van der Waals surface area contributed by atoms with Gasteiger partial charge in [0.25, 0.3) is 5.91 Å². The molecule has 0 aliphatic heterocycles. The molecule has 4 heteroatoms. The minimum atomic E-state index is -0.497. The number of amides is 1. The van der Waals surface area contributed by atoms with Crippen molar-refractivity contribution < 1.29 is 9.18 Å².